The summed E-state index contributed by atoms with van der Waals surface area (Å²) < 4.78 is 5.64. The Morgan fingerprint density at radius 2 is 2.18 bits per heavy atom. The summed E-state index contributed by atoms with van der Waals surface area (Å²) in [7, 11) is 0. The fraction of sp³-hybridized carbons (Fsp3) is 0.100. The topological polar surface area (TPSA) is 102 Å². The van der Waals surface area contributed by atoms with E-state index < -0.39 is 5.95 Å². The molecule has 0 saturated carbocycles. The summed E-state index contributed by atoms with van der Waals surface area (Å²) in [6, 6.07) is 4.44. The summed E-state index contributed by atoms with van der Waals surface area (Å²) in [5, 5.41) is 26.3. The molecule has 0 spiro atoms. The van der Waals surface area contributed by atoms with E-state index >= 15 is 0 Å². The molecule has 0 atom stereocenters. The Hall–Kier alpha value is -2.57. The summed E-state index contributed by atoms with van der Waals surface area (Å²) in [4.78, 5) is 0.292. The molecule has 1 heterocycles. The Bertz CT molecular complexity index is 585. The molecule has 17 heavy (non-hydrogen) atoms. The second-order valence-corrected chi connectivity index (χ2v) is 3.28. The van der Waals surface area contributed by atoms with Crippen molar-refractivity contribution in [3.05, 3.63) is 41.3 Å². The van der Waals surface area contributed by atoms with E-state index in [-0.39, 0.29) is 11.0 Å². The maximum Gasteiger partial charge on any atom is 0.458 e. The fourth-order valence-electron chi connectivity index (χ4n) is 1.38. The van der Waals surface area contributed by atoms with Crippen LogP contribution in [-0.2, 0) is 0 Å². The quantitative estimate of drug-likeness (QED) is 0.444. The normalized spacial score (nSPS) is 10.4. The van der Waals surface area contributed by atoms with Crippen LogP contribution >= 0.6 is 0 Å². The minimum absolute atomic E-state index is 0.0933. The number of hydrogen-bond acceptors (Lipinski definition) is 5. The first-order valence-electron chi connectivity index (χ1n) is 4.80. The van der Waals surface area contributed by atoms with Crippen molar-refractivity contribution in [1.29, 1.82) is 0 Å². The van der Waals surface area contributed by atoms with E-state index in [1.807, 2.05) is 0 Å². The number of aromatic nitrogens is 3. The van der Waals surface area contributed by atoms with Crippen molar-refractivity contribution in [3.63, 3.8) is 0 Å². The van der Waals surface area contributed by atoms with Gasteiger partial charge in [-0.3, -0.25) is 5.73 Å². The van der Waals surface area contributed by atoms with Gasteiger partial charge in [-0.2, -0.15) is 0 Å². The Kier molecular flexibility index (Phi) is 2.65. The molecular weight excluding hydrogens is 224 g/mol. The van der Waals surface area contributed by atoms with Crippen molar-refractivity contribution < 1.29 is 14.3 Å². The van der Waals surface area contributed by atoms with Crippen molar-refractivity contribution in [3.8, 4) is 5.75 Å². The molecule has 7 nitrogen and oxygen atoms in total. The van der Waals surface area contributed by atoms with Crippen LogP contribution in [-0.4, -0.2) is 11.7 Å². The lowest BCUT2D eigenvalue weighted by atomic mass is 10.3. The highest BCUT2D eigenvalue weighted by Gasteiger charge is 2.17. The molecular formula is C10H10N4O3. The maximum atomic E-state index is 11.5. The molecule has 2 rings (SSSR count). The number of fused-ring (bicyclic) bond motifs is 1. The monoisotopic (exact) mass is 234 g/mol. The number of nitrogens with two attached hydrogens (primary N) is 1. The van der Waals surface area contributed by atoms with Gasteiger partial charge in [-0.15, -0.1) is 0 Å². The molecule has 1 aromatic heterocycles. The lowest BCUT2D eigenvalue weighted by molar-refractivity contribution is -0.672. The molecule has 7 heteroatoms. The smallest absolute Gasteiger partial charge is 0.458 e. The molecule has 2 aromatic rings. The Morgan fingerprint density at radius 3 is 2.88 bits per heavy atom. The van der Waals surface area contributed by atoms with Crippen LogP contribution in [0.4, 0.5) is 5.95 Å². The van der Waals surface area contributed by atoms with Gasteiger partial charge in [-0.05, 0) is 12.1 Å². The third-order valence-corrected chi connectivity index (χ3v) is 2.14. The average Bonchev–Trinajstić information content (AvgIpc) is 2.33. The van der Waals surface area contributed by atoms with Gasteiger partial charge >= 0.3 is 11.5 Å². The zero-order valence-electron chi connectivity index (χ0n) is 8.87. The minimum atomic E-state index is -0.396. The van der Waals surface area contributed by atoms with Gasteiger partial charge in [-0.1, -0.05) is 12.7 Å². The lowest BCUT2D eigenvalue weighted by Gasteiger charge is -2.08. The maximum absolute atomic E-state index is 11.5. The second kappa shape index (κ2) is 4.12. The van der Waals surface area contributed by atoms with Crippen LogP contribution in [0, 0.1) is 10.4 Å². The number of hydrogen-bond donors (Lipinski definition) is 1. The molecule has 0 aliphatic rings. The number of ether oxygens (including phenoxy) is 1. The minimum Gasteiger partial charge on any atom is -0.739 e. The first-order chi connectivity index (χ1) is 8.13. The summed E-state index contributed by atoms with van der Waals surface area (Å²) in [5.41, 5.74) is 5.51. The summed E-state index contributed by atoms with van der Waals surface area (Å²) in [6.07, 6.45) is 1.57. The molecule has 0 amide bonds. The molecule has 0 bridgehead atoms. The Balaban J connectivity index is 2.57. The van der Waals surface area contributed by atoms with Gasteiger partial charge in [0.15, 0.2) is 5.52 Å². The molecule has 2 N–H and O–H groups in total. The molecule has 0 unspecified atom stereocenters. The summed E-state index contributed by atoms with van der Waals surface area (Å²) in [5.74, 6) is 0.0563. The second-order valence-electron chi connectivity index (χ2n) is 3.28. The number of nitrogen functional groups attached to an aromatic ring is 1. The molecule has 0 aliphatic heterocycles. The van der Waals surface area contributed by atoms with Crippen LogP contribution < -0.4 is 20.0 Å². The van der Waals surface area contributed by atoms with Crippen LogP contribution in [0.3, 0.4) is 0 Å². The third kappa shape index (κ3) is 1.89. The van der Waals surface area contributed by atoms with E-state index in [1.54, 1.807) is 12.1 Å². The highest BCUT2D eigenvalue weighted by Crippen LogP contribution is 2.15. The standard InChI is InChI=1S/C10H10N4O3/c1-2-5-17-7-3-4-8-9(6-7)14(16)12-10(11)13(8)15/h2-4,6H,1,5H2,(H2,11,12). The van der Waals surface area contributed by atoms with Gasteiger partial charge in [0.2, 0.25) is 5.10 Å². The number of rotatable bonds is 3. The summed E-state index contributed by atoms with van der Waals surface area (Å²) >= 11 is 0. The third-order valence-electron chi connectivity index (χ3n) is 2.14. The van der Waals surface area contributed by atoms with Gasteiger partial charge < -0.3 is 15.2 Å². The van der Waals surface area contributed by atoms with Crippen molar-refractivity contribution in [2.45, 2.75) is 0 Å². The molecule has 0 radical (unpaired) electrons. The Morgan fingerprint density at radius 1 is 1.41 bits per heavy atom. The zero-order chi connectivity index (χ0) is 12.4. The van der Waals surface area contributed by atoms with Crippen LogP contribution in [0.25, 0.3) is 11.0 Å². The first kappa shape index (κ1) is 10.9. The largest absolute Gasteiger partial charge is 0.739 e. The van der Waals surface area contributed by atoms with Gasteiger partial charge in [-0.25, -0.2) is 4.73 Å². The van der Waals surface area contributed by atoms with E-state index in [0.29, 0.717) is 21.9 Å². The number of nitrogens with zero attached hydrogens (tertiary/aromatic N) is 3. The summed E-state index contributed by atoms with van der Waals surface area (Å²) in [6.45, 7) is 3.82. The van der Waals surface area contributed by atoms with Gasteiger partial charge in [0.1, 0.15) is 12.4 Å². The van der Waals surface area contributed by atoms with Crippen LogP contribution in [0.15, 0.2) is 30.9 Å². The van der Waals surface area contributed by atoms with Crippen LogP contribution in [0.1, 0.15) is 0 Å². The molecule has 0 aliphatic carbocycles. The van der Waals surface area contributed by atoms with Gasteiger partial charge in [0.05, 0.1) is 6.07 Å². The van der Waals surface area contributed by atoms with E-state index in [9.17, 15) is 10.4 Å². The van der Waals surface area contributed by atoms with E-state index in [0.717, 1.165) is 0 Å². The van der Waals surface area contributed by atoms with Crippen molar-refractivity contribution >= 4 is 17.0 Å². The van der Waals surface area contributed by atoms with E-state index in [1.165, 1.54) is 12.1 Å². The zero-order valence-corrected chi connectivity index (χ0v) is 8.87. The number of anilines is 1. The number of benzene rings is 1. The Labute approximate surface area is 96.5 Å². The highest BCUT2D eigenvalue weighted by molar-refractivity contribution is 5.69. The molecule has 1 aromatic carbocycles. The van der Waals surface area contributed by atoms with Crippen molar-refractivity contribution in [2.75, 3.05) is 12.3 Å². The van der Waals surface area contributed by atoms with Gasteiger partial charge in [0.25, 0.3) is 0 Å². The lowest BCUT2D eigenvalue weighted by Crippen LogP contribution is -2.44. The van der Waals surface area contributed by atoms with Gasteiger partial charge in [0, 0.05) is 4.85 Å². The van der Waals surface area contributed by atoms with Crippen molar-refractivity contribution in [1.82, 2.24) is 5.10 Å². The van der Waals surface area contributed by atoms with Crippen molar-refractivity contribution in [2.24, 2.45) is 0 Å². The van der Waals surface area contributed by atoms with E-state index in [2.05, 4.69) is 11.7 Å². The molecule has 88 valence electrons. The average molecular weight is 234 g/mol. The van der Waals surface area contributed by atoms with Crippen LogP contribution in [0.5, 0.6) is 5.75 Å². The fourth-order valence-corrected chi connectivity index (χ4v) is 1.38. The predicted octanol–water partition coefficient (Wildman–Crippen LogP) is -0.351. The van der Waals surface area contributed by atoms with Crippen LogP contribution in [0.2, 0.25) is 0 Å². The SMILES string of the molecule is C=CCOc1ccc2c(c1)[n+]([O-])nc(N)[n+]2[O-]. The van der Waals surface area contributed by atoms with E-state index in [4.69, 9.17) is 10.5 Å². The highest BCUT2D eigenvalue weighted by atomic mass is 16.5. The molecule has 0 saturated heterocycles. The predicted molar refractivity (Wildman–Crippen MR) is 59.8 cm³/mol. The first-order valence-corrected chi connectivity index (χ1v) is 4.80. The molecule has 0 fully saturated rings.